The van der Waals surface area contributed by atoms with Gasteiger partial charge in [-0.15, -0.1) is 0 Å². The molecule has 0 unspecified atom stereocenters. The van der Waals surface area contributed by atoms with Crippen LogP contribution in [0.2, 0.25) is 0 Å². The Bertz CT molecular complexity index is 3050. The lowest BCUT2D eigenvalue weighted by atomic mass is 9.93. The summed E-state index contributed by atoms with van der Waals surface area (Å²) in [6, 6.07) is 76.6. The van der Waals surface area contributed by atoms with Crippen molar-refractivity contribution in [3.05, 3.63) is 212 Å². The number of hydrogen-bond acceptors (Lipinski definition) is 3. The molecule has 0 fully saturated rings. The molecule has 0 radical (unpaired) electrons. The third kappa shape index (κ3) is 5.30. The molecule has 11 rings (SSSR count). The van der Waals surface area contributed by atoms with E-state index < -0.39 is 8.07 Å². The summed E-state index contributed by atoms with van der Waals surface area (Å²) in [5, 5.41) is 10.7. The fraction of sp³-hybridized carbons (Fsp3) is 0. The Morgan fingerprint density at radius 3 is 1.26 bits per heavy atom. The van der Waals surface area contributed by atoms with Gasteiger partial charge >= 0.3 is 0 Å². The highest BCUT2D eigenvalue weighted by molar-refractivity contribution is 7.23. The van der Waals surface area contributed by atoms with Gasteiger partial charge in [0.25, 0.3) is 0 Å². The zero-order chi connectivity index (χ0) is 37.8. The van der Waals surface area contributed by atoms with Crippen molar-refractivity contribution in [3.63, 3.8) is 0 Å². The lowest BCUT2D eigenvalue weighted by Crippen LogP contribution is -2.73. The van der Waals surface area contributed by atoms with Gasteiger partial charge in [-0.05, 0) is 64.5 Å². The van der Waals surface area contributed by atoms with E-state index in [1.54, 1.807) is 0 Å². The molecule has 3 nitrogen and oxygen atoms in total. The first kappa shape index (κ1) is 33.1. The second-order valence-corrected chi connectivity index (χ2v) is 18.4. The highest BCUT2D eigenvalue weighted by Crippen LogP contribution is 2.40. The Hall–Kier alpha value is -7.27. The molecule has 0 saturated heterocycles. The SMILES string of the molecule is c1ccc(-c2ccc(-c3nc(-c4ccccc4)nc(-c4ccc5c(c4)[Si](c4ccccc4)(c4ccccc4)c4c-5c5ccccc5c5ccccc45)n3)cc2)cc1. The second kappa shape index (κ2) is 13.5. The highest BCUT2D eigenvalue weighted by Gasteiger charge is 2.50. The number of fused-ring (bicyclic) bond motifs is 8. The Morgan fingerprint density at radius 2 is 0.684 bits per heavy atom. The van der Waals surface area contributed by atoms with Crippen molar-refractivity contribution < 1.29 is 0 Å². The topological polar surface area (TPSA) is 38.7 Å². The fourth-order valence-corrected chi connectivity index (χ4v) is 14.5. The van der Waals surface area contributed by atoms with Crippen molar-refractivity contribution in [2.24, 2.45) is 0 Å². The summed E-state index contributed by atoms with van der Waals surface area (Å²) in [5.41, 5.74) is 7.81. The largest absolute Gasteiger partial charge is 0.208 e. The van der Waals surface area contributed by atoms with Crippen LogP contribution in [0.1, 0.15) is 0 Å². The monoisotopic (exact) mass is 741 g/mol. The molecule has 0 N–H and O–H groups in total. The first-order chi connectivity index (χ1) is 28.3. The van der Waals surface area contributed by atoms with E-state index in [1.807, 2.05) is 24.3 Å². The Balaban J connectivity index is 1.19. The summed E-state index contributed by atoms with van der Waals surface area (Å²) in [4.78, 5) is 15.6. The number of benzene rings is 9. The average Bonchev–Trinajstić information content (AvgIpc) is 3.62. The van der Waals surface area contributed by atoms with Crippen LogP contribution in [0.5, 0.6) is 0 Å². The molecular weight excluding hydrogens is 707 g/mol. The molecule has 266 valence electrons. The molecule has 0 spiro atoms. The fourth-order valence-electron chi connectivity index (χ4n) is 9.09. The summed E-state index contributed by atoms with van der Waals surface area (Å²) in [6.45, 7) is 0. The normalized spacial score (nSPS) is 12.7. The summed E-state index contributed by atoms with van der Waals surface area (Å²) in [6.07, 6.45) is 0. The van der Waals surface area contributed by atoms with Gasteiger partial charge in [-0.2, -0.15) is 0 Å². The van der Waals surface area contributed by atoms with Gasteiger partial charge in [0.1, 0.15) is 0 Å². The van der Waals surface area contributed by atoms with E-state index in [2.05, 4.69) is 188 Å². The van der Waals surface area contributed by atoms with E-state index in [-0.39, 0.29) is 0 Å². The van der Waals surface area contributed by atoms with Crippen molar-refractivity contribution >= 4 is 50.4 Å². The van der Waals surface area contributed by atoms with Crippen LogP contribution in [0.25, 0.3) is 78.0 Å². The van der Waals surface area contributed by atoms with E-state index >= 15 is 0 Å². The first-order valence-corrected chi connectivity index (χ1v) is 21.4. The van der Waals surface area contributed by atoms with Crippen LogP contribution < -0.4 is 20.7 Å². The van der Waals surface area contributed by atoms with Gasteiger partial charge in [-0.1, -0.05) is 212 Å². The van der Waals surface area contributed by atoms with Gasteiger partial charge in [-0.25, -0.2) is 15.0 Å². The molecule has 0 aliphatic carbocycles. The molecule has 0 amide bonds. The van der Waals surface area contributed by atoms with Crippen LogP contribution >= 0.6 is 0 Å². The molecule has 0 bridgehead atoms. The third-order valence-electron chi connectivity index (χ3n) is 11.6. The third-order valence-corrected chi connectivity index (χ3v) is 16.5. The number of hydrogen-bond donors (Lipinski definition) is 0. The van der Waals surface area contributed by atoms with E-state index in [0.29, 0.717) is 17.5 Å². The van der Waals surface area contributed by atoms with Crippen molar-refractivity contribution in [1.29, 1.82) is 0 Å². The van der Waals surface area contributed by atoms with Gasteiger partial charge in [-0.3, -0.25) is 0 Å². The van der Waals surface area contributed by atoms with Gasteiger partial charge in [0.05, 0.1) is 0 Å². The molecule has 10 aromatic rings. The van der Waals surface area contributed by atoms with Gasteiger partial charge in [0.2, 0.25) is 0 Å². The van der Waals surface area contributed by atoms with Crippen molar-refractivity contribution in [3.8, 4) is 56.4 Å². The summed E-state index contributed by atoms with van der Waals surface area (Å²) in [7, 11) is -2.94. The summed E-state index contributed by atoms with van der Waals surface area (Å²) < 4.78 is 0. The predicted octanol–water partition coefficient (Wildman–Crippen LogP) is 10.2. The maximum atomic E-state index is 5.26. The maximum Gasteiger partial charge on any atom is 0.181 e. The first-order valence-electron chi connectivity index (χ1n) is 19.4. The zero-order valence-electron chi connectivity index (χ0n) is 31.0. The maximum absolute atomic E-state index is 5.26. The molecular formula is C53H35N3Si. The van der Waals surface area contributed by atoms with Gasteiger partial charge < -0.3 is 0 Å². The van der Waals surface area contributed by atoms with Crippen molar-refractivity contribution in [2.75, 3.05) is 0 Å². The summed E-state index contributed by atoms with van der Waals surface area (Å²) in [5.74, 6) is 1.95. The average molecular weight is 742 g/mol. The molecule has 0 atom stereocenters. The van der Waals surface area contributed by atoms with Crippen LogP contribution in [-0.2, 0) is 0 Å². The highest BCUT2D eigenvalue weighted by atomic mass is 28.3. The van der Waals surface area contributed by atoms with E-state index in [4.69, 9.17) is 15.0 Å². The molecule has 4 heteroatoms. The quantitative estimate of drug-likeness (QED) is 0.126. The van der Waals surface area contributed by atoms with Crippen LogP contribution in [0.4, 0.5) is 0 Å². The van der Waals surface area contributed by atoms with E-state index in [0.717, 1.165) is 22.3 Å². The van der Waals surface area contributed by atoms with E-state index in [9.17, 15) is 0 Å². The predicted molar refractivity (Wildman–Crippen MR) is 239 cm³/mol. The van der Waals surface area contributed by atoms with Gasteiger partial charge in [0, 0.05) is 16.7 Å². The van der Waals surface area contributed by atoms with Crippen LogP contribution in [-0.4, -0.2) is 23.0 Å². The second-order valence-electron chi connectivity index (χ2n) is 14.7. The molecule has 1 aliphatic rings. The Labute approximate surface area is 332 Å². The van der Waals surface area contributed by atoms with E-state index in [1.165, 1.54) is 59.0 Å². The van der Waals surface area contributed by atoms with Crippen LogP contribution in [0, 0.1) is 0 Å². The minimum Gasteiger partial charge on any atom is -0.208 e. The summed E-state index contributed by atoms with van der Waals surface area (Å²) >= 11 is 0. The smallest absolute Gasteiger partial charge is 0.181 e. The molecule has 1 aliphatic heterocycles. The van der Waals surface area contributed by atoms with Crippen LogP contribution in [0.3, 0.4) is 0 Å². The molecule has 57 heavy (non-hydrogen) atoms. The molecule has 0 saturated carbocycles. The van der Waals surface area contributed by atoms with Crippen molar-refractivity contribution in [2.45, 2.75) is 0 Å². The van der Waals surface area contributed by atoms with Crippen LogP contribution in [0.15, 0.2) is 212 Å². The molecule has 9 aromatic carbocycles. The standard InChI is InChI=1S/C53H35N3Si/c1-5-17-36(18-6-1)37-29-31-39(32-30-37)52-54-51(38-19-7-2-8-20-38)55-53(56-52)40-33-34-47-48(35-40)57(41-21-9-3-10-22-41,42-23-11-4-12-24-42)50-46-28-16-14-26-44(46)43-25-13-15-27-45(43)49(47)50/h1-35H. The van der Waals surface area contributed by atoms with Gasteiger partial charge in [0.15, 0.2) is 25.5 Å². The number of nitrogens with zero attached hydrogens (tertiary/aromatic N) is 3. The Kier molecular flexibility index (Phi) is 7.83. The Morgan fingerprint density at radius 1 is 0.298 bits per heavy atom. The lowest BCUT2D eigenvalue weighted by molar-refractivity contribution is 1.07. The zero-order valence-corrected chi connectivity index (χ0v) is 32.0. The molecule has 2 heterocycles. The molecule has 1 aromatic heterocycles. The number of rotatable bonds is 6. The minimum absolute atomic E-state index is 0.647. The lowest BCUT2D eigenvalue weighted by Gasteiger charge is -2.32. The van der Waals surface area contributed by atoms with Crippen molar-refractivity contribution in [1.82, 2.24) is 15.0 Å². The minimum atomic E-state index is -2.94. The number of aromatic nitrogens is 3.